The number of aliphatic hydroxyl groups excluding tert-OH is 1. The maximum absolute atomic E-state index is 12.1. The Balaban J connectivity index is 1.95. The van der Waals surface area contributed by atoms with Crippen LogP contribution in [-0.2, 0) is 4.79 Å². The Morgan fingerprint density at radius 2 is 1.89 bits per heavy atom. The molecule has 1 saturated carbocycles. The van der Waals surface area contributed by atoms with E-state index in [1.54, 1.807) is 0 Å². The average molecular weight is 247 g/mol. The number of hydrogen-bond donors (Lipinski definition) is 2. The molecule has 0 saturated heterocycles. The van der Waals surface area contributed by atoms with Gasteiger partial charge in [0.05, 0.1) is 12.6 Å². The molecule has 2 rings (SSSR count). The van der Waals surface area contributed by atoms with Crippen LogP contribution in [0.2, 0.25) is 0 Å². The third-order valence-electron chi connectivity index (χ3n) is 3.68. The summed E-state index contributed by atoms with van der Waals surface area (Å²) >= 11 is 0. The van der Waals surface area contributed by atoms with Crippen molar-refractivity contribution in [1.82, 2.24) is 5.32 Å². The first-order valence-electron chi connectivity index (χ1n) is 6.77. The molecule has 1 fully saturated rings. The maximum atomic E-state index is 12.1. The highest BCUT2D eigenvalue weighted by atomic mass is 16.3. The van der Waals surface area contributed by atoms with Crippen molar-refractivity contribution in [3.8, 4) is 0 Å². The normalized spacial score (nSPS) is 18.3. The zero-order chi connectivity index (χ0) is 12.8. The van der Waals surface area contributed by atoms with Crippen molar-refractivity contribution in [2.45, 2.75) is 38.1 Å². The van der Waals surface area contributed by atoms with Crippen LogP contribution in [0.1, 0.15) is 43.7 Å². The van der Waals surface area contributed by atoms with Crippen molar-refractivity contribution in [2.75, 3.05) is 6.61 Å². The number of nitrogens with one attached hydrogen (secondary N) is 1. The molecule has 0 unspecified atom stereocenters. The molecule has 1 atom stereocenters. The molecule has 0 radical (unpaired) electrons. The number of rotatable bonds is 4. The van der Waals surface area contributed by atoms with Gasteiger partial charge in [-0.25, -0.2) is 0 Å². The van der Waals surface area contributed by atoms with Crippen molar-refractivity contribution in [1.29, 1.82) is 0 Å². The SMILES string of the molecule is O=C(N[C@H](CO)c1ccccc1)C1CCCCC1. The first-order chi connectivity index (χ1) is 8.81. The van der Waals surface area contributed by atoms with Crippen LogP contribution >= 0.6 is 0 Å². The molecule has 3 heteroatoms. The Morgan fingerprint density at radius 3 is 2.50 bits per heavy atom. The molecular formula is C15H21NO2. The molecule has 0 spiro atoms. The largest absolute Gasteiger partial charge is 0.394 e. The second-order valence-electron chi connectivity index (χ2n) is 4.99. The third kappa shape index (κ3) is 3.33. The Hall–Kier alpha value is -1.35. The minimum absolute atomic E-state index is 0.0531. The Bertz CT molecular complexity index is 371. The van der Waals surface area contributed by atoms with Gasteiger partial charge in [-0.3, -0.25) is 4.79 Å². The number of aliphatic hydroxyl groups is 1. The number of amides is 1. The van der Waals surface area contributed by atoms with Gasteiger partial charge >= 0.3 is 0 Å². The zero-order valence-corrected chi connectivity index (χ0v) is 10.6. The monoisotopic (exact) mass is 247 g/mol. The number of carbonyl (C=O) groups excluding carboxylic acids is 1. The molecule has 98 valence electrons. The van der Waals surface area contributed by atoms with E-state index >= 15 is 0 Å². The molecule has 1 amide bonds. The van der Waals surface area contributed by atoms with Crippen LogP contribution in [0.3, 0.4) is 0 Å². The summed E-state index contributed by atoms with van der Waals surface area (Å²) in [6.07, 6.45) is 5.50. The standard InChI is InChI=1S/C15H21NO2/c17-11-14(12-7-3-1-4-8-12)16-15(18)13-9-5-2-6-10-13/h1,3-4,7-8,13-14,17H,2,5-6,9-11H2,(H,16,18)/t14-/m1/s1. The summed E-state index contributed by atoms with van der Waals surface area (Å²) in [6, 6.07) is 9.36. The fourth-order valence-electron chi connectivity index (χ4n) is 2.57. The summed E-state index contributed by atoms with van der Waals surface area (Å²) in [5.41, 5.74) is 0.962. The van der Waals surface area contributed by atoms with Crippen LogP contribution < -0.4 is 5.32 Å². The highest BCUT2D eigenvalue weighted by Gasteiger charge is 2.23. The molecule has 18 heavy (non-hydrogen) atoms. The van der Waals surface area contributed by atoms with E-state index in [4.69, 9.17) is 0 Å². The summed E-state index contributed by atoms with van der Waals surface area (Å²) in [5.74, 6) is 0.231. The van der Waals surface area contributed by atoms with E-state index < -0.39 is 0 Å². The minimum Gasteiger partial charge on any atom is -0.394 e. The van der Waals surface area contributed by atoms with Crippen molar-refractivity contribution in [3.05, 3.63) is 35.9 Å². The molecular weight excluding hydrogens is 226 g/mol. The molecule has 1 aliphatic rings. The molecule has 0 heterocycles. The predicted octanol–water partition coefficient (Wildman–Crippen LogP) is 2.42. The van der Waals surface area contributed by atoms with Crippen LogP contribution in [0.15, 0.2) is 30.3 Å². The van der Waals surface area contributed by atoms with E-state index in [0.29, 0.717) is 0 Å². The molecule has 1 aliphatic carbocycles. The summed E-state index contributed by atoms with van der Waals surface area (Å²) in [5, 5.41) is 12.4. The molecule has 1 aromatic carbocycles. The number of hydrogen-bond acceptors (Lipinski definition) is 2. The van der Waals surface area contributed by atoms with E-state index in [0.717, 1.165) is 31.2 Å². The lowest BCUT2D eigenvalue weighted by molar-refractivity contribution is -0.127. The smallest absolute Gasteiger partial charge is 0.223 e. The second kappa shape index (κ2) is 6.55. The van der Waals surface area contributed by atoms with E-state index in [2.05, 4.69) is 5.32 Å². The van der Waals surface area contributed by atoms with Gasteiger partial charge in [0, 0.05) is 5.92 Å². The van der Waals surface area contributed by atoms with Crippen molar-refractivity contribution in [2.24, 2.45) is 5.92 Å². The summed E-state index contributed by atoms with van der Waals surface area (Å²) < 4.78 is 0. The quantitative estimate of drug-likeness (QED) is 0.858. The zero-order valence-electron chi connectivity index (χ0n) is 10.6. The molecule has 1 aromatic rings. The van der Waals surface area contributed by atoms with Gasteiger partial charge in [0.1, 0.15) is 0 Å². The summed E-state index contributed by atoms with van der Waals surface area (Å²) in [6.45, 7) is -0.0531. The van der Waals surface area contributed by atoms with Gasteiger partial charge < -0.3 is 10.4 Å². The summed E-state index contributed by atoms with van der Waals surface area (Å²) in [7, 11) is 0. The lowest BCUT2D eigenvalue weighted by atomic mass is 9.88. The highest BCUT2D eigenvalue weighted by Crippen LogP contribution is 2.24. The van der Waals surface area contributed by atoms with Gasteiger partial charge in [-0.2, -0.15) is 0 Å². The lowest BCUT2D eigenvalue weighted by Crippen LogP contribution is -2.36. The van der Waals surface area contributed by atoms with Gasteiger partial charge in [-0.1, -0.05) is 49.6 Å². The molecule has 2 N–H and O–H groups in total. The van der Waals surface area contributed by atoms with Gasteiger partial charge in [-0.15, -0.1) is 0 Å². The van der Waals surface area contributed by atoms with Crippen LogP contribution in [0.4, 0.5) is 0 Å². The van der Waals surface area contributed by atoms with Crippen molar-refractivity contribution >= 4 is 5.91 Å². The fourth-order valence-corrected chi connectivity index (χ4v) is 2.57. The number of carbonyl (C=O) groups is 1. The van der Waals surface area contributed by atoms with E-state index in [1.165, 1.54) is 6.42 Å². The van der Waals surface area contributed by atoms with Gasteiger partial charge in [0.25, 0.3) is 0 Å². The maximum Gasteiger partial charge on any atom is 0.223 e. The lowest BCUT2D eigenvalue weighted by Gasteiger charge is -2.24. The van der Waals surface area contributed by atoms with Gasteiger partial charge in [0.15, 0.2) is 0 Å². The van der Waals surface area contributed by atoms with Crippen molar-refractivity contribution < 1.29 is 9.90 Å². The Labute approximate surface area is 108 Å². The van der Waals surface area contributed by atoms with Crippen LogP contribution in [0, 0.1) is 5.92 Å². The fraction of sp³-hybridized carbons (Fsp3) is 0.533. The van der Waals surface area contributed by atoms with Crippen LogP contribution in [0.25, 0.3) is 0 Å². The van der Waals surface area contributed by atoms with Crippen LogP contribution in [0.5, 0.6) is 0 Å². The van der Waals surface area contributed by atoms with Gasteiger partial charge in [-0.05, 0) is 18.4 Å². The molecule has 0 bridgehead atoms. The topological polar surface area (TPSA) is 49.3 Å². The first kappa shape index (κ1) is 13.1. The minimum atomic E-state index is -0.277. The average Bonchev–Trinajstić information content (AvgIpc) is 2.46. The van der Waals surface area contributed by atoms with E-state index in [-0.39, 0.29) is 24.5 Å². The van der Waals surface area contributed by atoms with Crippen molar-refractivity contribution in [3.63, 3.8) is 0 Å². The Morgan fingerprint density at radius 1 is 1.22 bits per heavy atom. The van der Waals surface area contributed by atoms with E-state index in [9.17, 15) is 9.90 Å². The highest BCUT2D eigenvalue weighted by molar-refractivity contribution is 5.79. The molecule has 0 aliphatic heterocycles. The second-order valence-corrected chi connectivity index (χ2v) is 4.99. The van der Waals surface area contributed by atoms with Gasteiger partial charge in [0.2, 0.25) is 5.91 Å². The predicted molar refractivity (Wildman–Crippen MR) is 71.0 cm³/mol. The number of benzene rings is 1. The molecule has 3 nitrogen and oxygen atoms in total. The third-order valence-corrected chi connectivity index (χ3v) is 3.68. The van der Waals surface area contributed by atoms with Crippen LogP contribution in [-0.4, -0.2) is 17.6 Å². The summed E-state index contributed by atoms with van der Waals surface area (Å²) in [4.78, 5) is 12.1. The first-order valence-corrected chi connectivity index (χ1v) is 6.77. The van der Waals surface area contributed by atoms with E-state index in [1.807, 2.05) is 30.3 Å². The Kier molecular flexibility index (Phi) is 4.76. The molecule has 0 aromatic heterocycles.